The van der Waals surface area contributed by atoms with Gasteiger partial charge in [0.2, 0.25) is 0 Å². The molecular weight excluding hydrogens is 279 g/mol. The lowest BCUT2D eigenvalue weighted by molar-refractivity contribution is -0.150. The molecule has 0 amide bonds. The van der Waals surface area contributed by atoms with Crippen LogP contribution >= 0.6 is 23.2 Å². The number of halogens is 2. The number of hydrogen-bond donors (Lipinski definition) is 2. The van der Waals surface area contributed by atoms with Crippen LogP contribution in [0.4, 0.5) is 0 Å². The Bertz CT molecular complexity index is 397. The fourth-order valence-corrected chi connectivity index (χ4v) is 0.653. The predicted octanol–water partition coefficient (Wildman–Crippen LogP) is 0.471. The van der Waals surface area contributed by atoms with Crippen molar-refractivity contribution < 1.29 is 34.1 Å². The minimum Gasteiger partial charge on any atom is -0.477 e. The Hall–Kier alpha value is -1.86. The Kier molecular flexibility index (Phi) is 5.94. The van der Waals surface area contributed by atoms with E-state index in [1.807, 2.05) is 0 Å². The molecule has 0 aromatic heterocycles. The molecule has 0 fully saturated rings. The summed E-state index contributed by atoms with van der Waals surface area (Å²) in [7, 11) is 0. The summed E-state index contributed by atoms with van der Waals surface area (Å²) in [5.41, 5.74) is 0. The van der Waals surface area contributed by atoms with Gasteiger partial charge in [0.1, 0.15) is 0 Å². The topological polar surface area (TPSA) is 118 Å². The molecular formula is C8H4Cl2O7. The molecule has 0 atom stereocenters. The summed E-state index contributed by atoms with van der Waals surface area (Å²) in [6, 6.07) is 0. The first-order chi connectivity index (χ1) is 7.75. The van der Waals surface area contributed by atoms with Gasteiger partial charge in [-0.2, -0.15) is 0 Å². The summed E-state index contributed by atoms with van der Waals surface area (Å²) in [5.74, 6) is -4.28. The molecule has 1 heterocycles. The van der Waals surface area contributed by atoms with Gasteiger partial charge in [0.25, 0.3) is 0 Å². The third-order valence-electron chi connectivity index (χ3n) is 1.12. The molecule has 0 bridgehead atoms. The first kappa shape index (κ1) is 15.1. The number of aliphatic carboxylic acids is 2. The number of carbonyl (C=O) groups excluding carboxylic acids is 2. The van der Waals surface area contributed by atoms with Crippen LogP contribution in [0.2, 0.25) is 0 Å². The van der Waals surface area contributed by atoms with Crippen LogP contribution in [0.15, 0.2) is 22.2 Å². The van der Waals surface area contributed by atoms with Crippen molar-refractivity contribution in [3.8, 4) is 0 Å². The van der Waals surface area contributed by atoms with Gasteiger partial charge >= 0.3 is 23.9 Å². The van der Waals surface area contributed by atoms with E-state index < -0.39 is 33.9 Å². The highest BCUT2D eigenvalue weighted by Crippen LogP contribution is 2.13. The van der Waals surface area contributed by atoms with Crippen molar-refractivity contribution in [3.05, 3.63) is 22.2 Å². The highest BCUT2D eigenvalue weighted by molar-refractivity contribution is 6.52. The number of ether oxygens (including phenoxy) is 1. The number of cyclic esters (lactones) is 2. The molecule has 1 aliphatic heterocycles. The lowest BCUT2D eigenvalue weighted by Gasteiger charge is -1.90. The van der Waals surface area contributed by atoms with Crippen molar-refractivity contribution in [2.45, 2.75) is 0 Å². The predicted molar refractivity (Wildman–Crippen MR) is 54.2 cm³/mol. The smallest absolute Gasteiger partial charge is 0.349 e. The number of esters is 2. The van der Waals surface area contributed by atoms with Gasteiger partial charge in [-0.25, -0.2) is 19.2 Å². The fraction of sp³-hybridized carbons (Fsp3) is 0. The van der Waals surface area contributed by atoms with Gasteiger partial charge in [-0.1, -0.05) is 23.2 Å². The highest BCUT2D eigenvalue weighted by Gasteiger charge is 2.15. The maximum atomic E-state index is 9.92. The molecule has 0 saturated heterocycles. The number of carbonyl (C=O) groups is 4. The number of hydrogen-bond acceptors (Lipinski definition) is 5. The zero-order valence-electron chi connectivity index (χ0n) is 7.85. The fourth-order valence-electron chi connectivity index (χ4n) is 0.491. The van der Waals surface area contributed by atoms with Crippen LogP contribution in [0.1, 0.15) is 0 Å². The SMILES string of the molecule is O=C(O)C(Cl)=C(Cl)C(=O)O.O=C1C=CC(=O)O1. The minimum absolute atomic E-state index is 0.579. The summed E-state index contributed by atoms with van der Waals surface area (Å²) in [6.45, 7) is 0. The van der Waals surface area contributed by atoms with Gasteiger partial charge in [-0.05, 0) is 0 Å². The van der Waals surface area contributed by atoms with Gasteiger partial charge in [0, 0.05) is 12.2 Å². The van der Waals surface area contributed by atoms with E-state index in [1.165, 1.54) is 0 Å². The normalized spacial score (nSPS) is 14.5. The van der Waals surface area contributed by atoms with Crippen molar-refractivity contribution in [2.24, 2.45) is 0 Å². The standard InChI is InChI=1S/C4H2Cl2O4.C4H2O3/c5-1(3(7)8)2(6)4(9)10;5-3-1-2-4(6)7-3/h(H,7,8)(H,9,10);1-2H. The Labute approximate surface area is 104 Å². The van der Waals surface area contributed by atoms with Crippen LogP contribution < -0.4 is 0 Å². The van der Waals surface area contributed by atoms with Crippen LogP contribution in [0.25, 0.3) is 0 Å². The molecule has 0 aliphatic carbocycles. The Balaban J connectivity index is 0.000000318. The molecule has 2 N–H and O–H groups in total. The maximum Gasteiger partial charge on any atom is 0.349 e. The van der Waals surface area contributed by atoms with E-state index in [2.05, 4.69) is 4.74 Å². The van der Waals surface area contributed by atoms with E-state index in [9.17, 15) is 19.2 Å². The van der Waals surface area contributed by atoms with Crippen LogP contribution in [0, 0.1) is 0 Å². The van der Waals surface area contributed by atoms with E-state index in [1.54, 1.807) is 0 Å². The van der Waals surface area contributed by atoms with E-state index in [0.29, 0.717) is 0 Å². The molecule has 9 heteroatoms. The van der Waals surface area contributed by atoms with Gasteiger partial charge in [0.05, 0.1) is 0 Å². The third-order valence-corrected chi connectivity index (χ3v) is 1.92. The van der Waals surface area contributed by atoms with Crippen LogP contribution in [-0.2, 0) is 23.9 Å². The summed E-state index contributed by atoms with van der Waals surface area (Å²) >= 11 is 9.86. The summed E-state index contributed by atoms with van der Waals surface area (Å²) in [6.07, 6.45) is 2.17. The summed E-state index contributed by atoms with van der Waals surface area (Å²) in [5, 5.41) is 14.3. The van der Waals surface area contributed by atoms with Crippen LogP contribution in [0.3, 0.4) is 0 Å². The molecule has 0 aromatic carbocycles. The second-order valence-electron chi connectivity index (χ2n) is 2.31. The average Bonchev–Trinajstić information content (AvgIpc) is 2.60. The molecule has 0 saturated carbocycles. The van der Waals surface area contributed by atoms with E-state index in [0.717, 1.165) is 12.2 Å². The molecule has 7 nitrogen and oxygen atoms in total. The Morgan fingerprint density at radius 2 is 1.24 bits per heavy atom. The van der Waals surface area contributed by atoms with Crippen molar-refractivity contribution >= 4 is 47.1 Å². The molecule has 0 unspecified atom stereocenters. The molecule has 92 valence electrons. The first-order valence-electron chi connectivity index (χ1n) is 3.71. The minimum atomic E-state index is -1.56. The van der Waals surface area contributed by atoms with Crippen molar-refractivity contribution in [1.29, 1.82) is 0 Å². The van der Waals surface area contributed by atoms with Gasteiger partial charge in [0.15, 0.2) is 10.1 Å². The second-order valence-corrected chi connectivity index (χ2v) is 3.07. The maximum absolute atomic E-state index is 9.92. The zero-order valence-corrected chi connectivity index (χ0v) is 9.36. The second kappa shape index (κ2) is 6.66. The van der Waals surface area contributed by atoms with Crippen molar-refractivity contribution in [1.82, 2.24) is 0 Å². The largest absolute Gasteiger partial charge is 0.477 e. The monoisotopic (exact) mass is 282 g/mol. The van der Waals surface area contributed by atoms with Gasteiger partial charge in [-0.3, -0.25) is 0 Å². The quantitative estimate of drug-likeness (QED) is 0.429. The third kappa shape index (κ3) is 5.69. The summed E-state index contributed by atoms with van der Waals surface area (Å²) < 4.78 is 3.97. The molecule has 0 radical (unpaired) electrons. The number of rotatable bonds is 2. The summed E-state index contributed by atoms with van der Waals surface area (Å²) in [4.78, 5) is 39.7. The van der Waals surface area contributed by atoms with E-state index in [4.69, 9.17) is 33.4 Å². The molecule has 0 aromatic rings. The van der Waals surface area contributed by atoms with E-state index in [-0.39, 0.29) is 0 Å². The lowest BCUT2D eigenvalue weighted by atomic mass is 10.5. The number of carboxylic acid groups (broad SMARTS) is 2. The van der Waals surface area contributed by atoms with Crippen LogP contribution in [0.5, 0.6) is 0 Å². The molecule has 0 spiro atoms. The van der Waals surface area contributed by atoms with Crippen molar-refractivity contribution in [3.63, 3.8) is 0 Å². The van der Waals surface area contributed by atoms with Gasteiger partial charge in [-0.15, -0.1) is 0 Å². The number of carboxylic acids is 2. The Morgan fingerprint density at radius 3 is 1.35 bits per heavy atom. The zero-order chi connectivity index (χ0) is 13.6. The molecule has 17 heavy (non-hydrogen) atoms. The van der Waals surface area contributed by atoms with Crippen LogP contribution in [-0.4, -0.2) is 34.1 Å². The molecule has 1 rings (SSSR count). The molecule has 1 aliphatic rings. The Morgan fingerprint density at radius 1 is 0.941 bits per heavy atom. The van der Waals surface area contributed by atoms with Gasteiger partial charge < -0.3 is 14.9 Å². The average molecular weight is 283 g/mol. The van der Waals surface area contributed by atoms with E-state index >= 15 is 0 Å². The lowest BCUT2D eigenvalue weighted by Crippen LogP contribution is -2.02. The first-order valence-corrected chi connectivity index (χ1v) is 4.47. The van der Waals surface area contributed by atoms with Crippen molar-refractivity contribution in [2.75, 3.05) is 0 Å². The highest BCUT2D eigenvalue weighted by atomic mass is 35.5.